The molecule has 0 aromatic carbocycles. The van der Waals surface area contributed by atoms with Crippen LogP contribution in [-0.2, 0) is 0 Å². The van der Waals surface area contributed by atoms with Crippen LogP contribution >= 0.6 is 9.39 Å². The summed E-state index contributed by atoms with van der Waals surface area (Å²) in [5, 5.41) is 8.50. The van der Waals surface area contributed by atoms with Gasteiger partial charge in [-0.1, -0.05) is 0 Å². The molecule has 0 aromatic rings. The molecule has 0 saturated carbocycles. The topological polar surface area (TPSA) is 53.2 Å². The zero-order chi connectivity index (χ0) is 8.10. The summed E-state index contributed by atoms with van der Waals surface area (Å²) in [5.74, 6) is 0. The minimum atomic E-state index is -0.122. The highest BCUT2D eigenvalue weighted by Crippen LogP contribution is 2.00. The van der Waals surface area contributed by atoms with E-state index in [0.717, 1.165) is 25.9 Å². The maximum atomic E-state index is 10.8. The van der Waals surface area contributed by atoms with Gasteiger partial charge >= 0.3 is 6.03 Å². The molecule has 0 radical (unpaired) electrons. The largest absolute Gasteiger partial charge is 0.334 e. The van der Waals surface area contributed by atoms with Crippen LogP contribution in [0.25, 0.3) is 0 Å². The maximum Gasteiger partial charge on any atom is 0.317 e. The van der Waals surface area contributed by atoms with E-state index in [1.54, 1.807) is 0 Å². The van der Waals surface area contributed by atoms with Crippen molar-refractivity contribution in [3.05, 3.63) is 0 Å². The van der Waals surface area contributed by atoms with Crippen LogP contribution in [0.4, 0.5) is 4.79 Å². The van der Waals surface area contributed by atoms with Crippen LogP contribution < -0.4 is 15.7 Å². The third-order valence-electron chi connectivity index (χ3n) is 1.76. The lowest BCUT2D eigenvalue weighted by molar-refractivity contribution is 0.239. The van der Waals surface area contributed by atoms with Crippen LogP contribution in [-0.4, -0.2) is 25.2 Å². The van der Waals surface area contributed by atoms with Crippen LogP contribution in [0.15, 0.2) is 0 Å². The molecule has 1 aliphatic rings. The molecule has 1 rings (SSSR count). The Morgan fingerprint density at radius 1 is 1.64 bits per heavy atom. The molecule has 0 bridgehead atoms. The fraction of sp³-hybridized carbons (Fsp3) is 0.833. The quantitative estimate of drug-likeness (QED) is 0.484. The number of nitrogens with one attached hydrogen (secondary N) is 3. The highest BCUT2D eigenvalue weighted by Gasteiger charge is 2.13. The number of carbonyl (C=O) groups excluding carboxylic acids is 1. The Labute approximate surface area is 68.8 Å². The number of urea groups is 1. The summed E-state index contributed by atoms with van der Waals surface area (Å²) in [4.78, 5) is 10.8. The molecule has 0 aliphatic carbocycles. The number of hydrogen-bond acceptors (Lipinski definition) is 2. The third kappa shape index (κ3) is 3.04. The van der Waals surface area contributed by atoms with Crippen molar-refractivity contribution in [1.29, 1.82) is 0 Å². The molecule has 2 amide bonds. The Kier molecular flexibility index (Phi) is 3.60. The van der Waals surface area contributed by atoms with Gasteiger partial charge in [0, 0.05) is 12.6 Å². The van der Waals surface area contributed by atoms with E-state index in [1.807, 2.05) is 0 Å². The molecule has 1 heterocycles. The van der Waals surface area contributed by atoms with Crippen molar-refractivity contribution < 1.29 is 4.79 Å². The Morgan fingerprint density at radius 2 is 2.45 bits per heavy atom. The summed E-state index contributed by atoms with van der Waals surface area (Å²) < 4.78 is 0. The minimum Gasteiger partial charge on any atom is -0.334 e. The van der Waals surface area contributed by atoms with Gasteiger partial charge in [0.05, 0.1) is 0 Å². The molecule has 2 atom stereocenters. The molecule has 1 saturated heterocycles. The van der Waals surface area contributed by atoms with E-state index in [2.05, 4.69) is 25.1 Å². The van der Waals surface area contributed by atoms with Crippen molar-refractivity contribution >= 4 is 15.4 Å². The van der Waals surface area contributed by atoms with Crippen LogP contribution in [0.2, 0.25) is 0 Å². The Morgan fingerprint density at radius 3 is 3.00 bits per heavy atom. The third-order valence-corrected chi connectivity index (χ3v) is 2.03. The molecular weight excluding hydrogens is 161 g/mol. The molecule has 2 unspecified atom stereocenters. The standard InChI is InChI=1S/C6H14N3OP/c10-6(9-11)8-5-2-1-3-7-4-5/h5,7H,1-4,11H2,(H2,8,9,10). The van der Waals surface area contributed by atoms with Gasteiger partial charge in [-0.15, -0.1) is 0 Å². The van der Waals surface area contributed by atoms with Crippen LogP contribution in [0.3, 0.4) is 0 Å². The van der Waals surface area contributed by atoms with E-state index in [9.17, 15) is 4.79 Å². The first-order chi connectivity index (χ1) is 5.33. The van der Waals surface area contributed by atoms with Crippen molar-refractivity contribution in [1.82, 2.24) is 15.7 Å². The molecule has 5 heteroatoms. The SMILES string of the molecule is O=C(NP)NC1CCCNC1. The van der Waals surface area contributed by atoms with Gasteiger partial charge in [-0.2, -0.15) is 0 Å². The van der Waals surface area contributed by atoms with Crippen molar-refractivity contribution in [2.24, 2.45) is 0 Å². The lowest BCUT2D eigenvalue weighted by atomic mass is 10.1. The monoisotopic (exact) mass is 175 g/mol. The van der Waals surface area contributed by atoms with Gasteiger partial charge in [0.15, 0.2) is 0 Å². The summed E-state index contributed by atoms with van der Waals surface area (Å²) >= 11 is 0. The molecule has 0 spiro atoms. The second-order valence-electron chi connectivity index (χ2n) is 2.66. The molecule has 1 fully saturated rings. The van der Waals surface area contributed by atoms with Gasteiger partial charge in [0.1, 0.15) is 0 Å². The second kappa shape index (κ2) is 4.52. The molecule has 4 nitrogen and oxygen atoms in total. The first-order valence-electron chi connectivity index (χ1n) is 3.81. The van der Waals surface area contributed by atoms with Gasteiger partial charge < -0.3 is 15.7 Å². The zero-order valence-electron chi connectivity index (χ0n) is 6.39. The van der Waals surface area contributed by atoms with E-state index >= 15 is 0 Å². The van der Waals surface area contributed by atoms with Crippen molar-refractivity contribution in [3.8, 4) is 0 Å². The predicted octanol–water partition coefficient (Wildman–Crippen LogP) is -0.172. The molecule has 0 aromatic heterocycles. The van der Waals surface area contributed by atoms with Gasteiger partial charge in [-0.05, 0) is 28.8 Å². The Balaban J connectivity index is 2.19. The molecular formula is C6H14N3OP. The number of amides is 2. The number of carbonyl (C=O) groups is 1. The van der Waals surface area contributed by atoms with Crippen molar-refractivity contribution in [2.45, 2.75) is 18.9 Å². The smallest absolute Gasteiger partial charge is 0.317 e. The van der Waals surface area contributed by atoms with Crippen LogP contribution in [0, 0.1) is 0 Å². The molecule has 64 valence electrons. The van der Waals surface area contributed by atoms with E-state index in [-0.39, 0.29) is 6.03 Å². The lowest BCUT2D eigenvalue weighted by Crippen LogP contribution is -2.47. The zero-order valence-corrected chi connectivity index (χ0v) is 7.55. The average Bonchev–Trinajstić information content (AvgIpc) is 2.06. The highest BCUT2D eigenvalue weighted by molar-refractivity contribution is 7.15. The first-order valence-corrected chi connectivity index (χ1v) is 4.38. The Bertz CT molecular complexity index is 136. The average molecular weight is 175 g/mol. The number of piperidine rings is 1. The number of hydrogen-bond donors (Lipinski definition) is 3. The predicted molar refractivity (Wildman–Crippen MR) is 47.3 cm³/mol. The van der Waals surface area contributed by atoms with Crippen molar-refractivity contribution in [2.75, 3.05) is 13.1 Å². The van der Waals surface area contributed by atoms with E-state index < -0.39 is 0 Å². The summed E-state index contributed by atoms with van der Waals surface area (Å²) in [6.45, 7) is 1.96. The molecule has 11 heavy (non-hydrogen) atoms. The fourth-order valence-electron chi connectivity index (χ4n) is 1.20. The van der Waals surface area contributed by atoms with E-state index in [0.29, 0.717) is 6.04 Å². The normalized spacial score (nSPS) is 24.3. The Hall–Kier alpha value is -0.340. The minimum absolute atomic E-state index is 0.122. The highest BCUT2D eigenvalue weighted by atomic mass is 31.0. The van der Waals surface area contributed by atoms with E-state index in [4.69, 9.17) is 0 Å². The van der Waals surface area contributed by atoms with Gasteiger partial charge in [0.2, 0.25) is 0 Å². The van der Waals surface area contributed by atoms with Gasteiger partial charge in [-0.25, -0.2) is 4.79 Å². The molecule has 1 aliphatic heterocycles. The summed E-state index contributed by atoms with van der Waals surface area (Å²) in [6.07, 6.45) is 2.22. The summed E-state index contributed by atoms with van der Waals surface area (Å²) in [6, 6.07) is 0.174. The second-order valence-corrected chi connectivity index (χ2v) is 2.95. The van der Waals surface area contributed by atoms with Gasteiger partial charge in [-0.3, -0.25) is 0 Å². The van der Waals surface area contributed by atoms with Gasteiger partial charge in [0.25, 0.3) is 0 Å². The summed E-state index contributed by atoms with van der Waals surface area (Å²) in [5.41, 5.74) is 0. The maximum absolute atomic E-state index is 10.8. The first kappa shape index (κ1) is 8.75. The molecule has 3 N–H and O–H groups in total. The van der Waals surface area contributed by atoms with Crippen molar-refractivity contribution in [3.63, 3.8) is 0 Å². The lowest BCUT2D eigenvalue weighted by Gasteiger charge is -2.23. The number of rotatable bonds is 1. The van der Waals surface area contributed by atoms with E-state index in [1.165, 1.54) is 0 Å². The summed E-state index contributed by atoms with van der Waals surface area (Å²) in [7, 11) is 2.18. The van der Waals surface area contributed by atoms with Crippen LogP contribution in [0.5, 0.6) is 0 Å². The fourth-order valence-corrected chi connectivity index (χ4v) is 1.29. The van der Waals surface area contributed by atoms with Crippen LogP contribution in [0.1, 0.15) is 12.8 Å².